The Morgan fingerprint density at radius 3 is 2.91 bits per heavy atom. The number of aromatic nitrogens is 3. The van der Waals surface area contributed by atoms with E-state index in [-0.39, 0.29) is 0 Å². The molecule has 2 aliphatic rings. The molecule has 35 heavy (non-hydrogen) atoms. The SMILES string of the molecule is COc1cc2c(cc1Nc1ncc3ccc(-c4cnc5c(c4C)NCCO5)cc3n1)CN(C)CC2. The van der Waals surface area contributed by atoms with Crippen LogP contribution in [-0.2, 0) is 13.0 Å². The summed E-state index contributed by atoms with van der Waals surface area (Å²) in [5.74, 6) is 2.00. The molecule has 0 spiro atoms. The van der Waals surface area contributed by atoms with Crippen LogP contribution in [0.25, 0.3) is 22.0 Å². The summed E-state index contributed by atoms with van der Waals surface area (Å²) in [4.78, 5) is 16.2. The predicted molar refractivity (Wildman–Crippen MR) is 138 cm³/mol. The summed E-state index contributed by atoms with van der Waals surface area (Å²) in [5, 5.41) is 7.77. The number of pyridine rings is 1. The van der Waals surface area contributed by atoms with Crippen LogP contribution in [0.3, 0.4) is 0 Å². The van der Waals surface area contributed by atoms with Crippen molar-refractivity contribution in [3.05, 3.63) is 59.4 Å². The van der Waals surface area contributed by atoms with E-state index in [0.717, 1.165) is 70.8 Å². The highest BCUT2D eigenvalue weighted by atomic mass is 16.5. The number of anilines is 3. The molecule has 2 aromatic heterocycles. The Balaban J connectivity index is 1.35. The van der Waals surface area contributed by atoms with Gasteiger partial charge in [-0.1, -0.05) is 12.1 Å². The maximum atomic E-state index is 5.68. The van der Waals surface area contributed by atoms with Gasteiger partial charge in [0.05, 0.1) is 18.3 Å². The molecule has 4 aromatic rings. The molecule has 0 fully saturated rings. The molecular weight excluding hydrogens is 440 g/mol. The van der Waals surface area contributed by atoms with Crippen molar-refractivity contribution < 1.29 is 9.47 Å². The van der Waals surface area contributed by atoms with Crippen molar-refractivity contribution in [2.45, 2.75) is 19.9 Å². The highest BCUT2D eigenvalue weighted by Gasteiger charge is 2.19. The molecule has 0 radical (unpaired) electrons. The first-order chi connectivity index (χ1) is 17.1. The molecule has 0 saturated heterocycles. The summed E-state index contributed by atoms with van der Waals surface area (Å²) in [6, 6.07) is 10.5. The van der Waals surface area contributed by atoms with Gasteiger partial charge in [-0.25, -0.2) is 15.0 Å². The largest absolute Gasteiger partial charge is 0.495 e. The van der Waals surface area contributed by atoms with E-state index in [4.69, 9.17) is 14.5 Å². The maximum Gasteiger partial charge on any atom is 0.237 e. The van der Waals surface area contributed by atoms with Crippen molar-refractivity contribution in [2.75, 3.05) is 44.5 Å². The Labute approximate surface area is 204 Å². The highest BCUT2D eigenvalue weighted by Crippen LogP contribution is 2.36. The minimum atomic E-state index is 0.535. The van der Waals surface area contributed by atoms with Crippen LogP contribution < -0.4 is 20.1 Å². The van der Waals surface area contributed by atoms with Crippen molar-refractivity contribution in [2.24, 2.45) is 0 Å². The zero-order chi connectivity index (χ0) is 23.9. The molecule has 4 heterocycles. The first-order valence-electron chi connectivity index (χ1n) is 11.9. The van der Waals surface area contributed by atoms with Gasteiger partial charge in [0.25, 0.3) is 0 Å². The van der Waals surface area contributed by atoms with E-state index >= 15 is 0 Å². The van der Waals surface area contributed by atoms with Crippen LogP contribution in [0, 0.1) is 6.92 Å². The summed E-state index contributed by atoms with van der Waals surface area (Å²) in [6.45, 7) is 5.48. The number of hydrogen-bond donors (Lipinski definition) is 2. The molecule has 8 nitrogen and oxygen atoms in total. The normalized spacial score (nSPS) is 15.1. The van der Waals surface area contributed by atoms with Crippen LogP contribution in [0.4, 0.5) is 17.3 Å². The van der Waals surface area contributed by atoms with Crippen LogP contribution in [0.2, 0.25) is 0 Å². The fourth-order valence-corrected chi connectivity index (χ4v) is 4.88. The molecule has 178 valence electrons. The lowest BCUT2D eigenvalue weighted by atomic mass is 9.99. The van der Waals surface area contributed by atoms with Crippen LogP contribution in [0.1, 0.15) is 16.7 Å². The Morgan fingerprint density at radius 1 is 1.11 bits per heavy atom. The molecule has 6 rings (SSSR count). The summed E-state index contributed by atoms with van der Waals surface area (Å²) < 4.78 is 11.4. The number of rotatable bonds is 4. The monoisotopic (exact) mass is 468 g/mol. The third kappa shape index (κ3) is 4.00. The van der Waals surface area contributed by atoms with E-state index in [1.165, 1.54) is 11.1 Å². The first-order valence-corrected chi connectivity index (χ1v) is 11.9. The van der Waals surface area contributed by atoms with Gasteiger partial charge in [0.1, 0.15) is 18.0 Å². The Bertz CT molecular complexity index is 1440. The fourth-order valence-electron chi connectivity index (χ4n) is 4.88. The number of nitrogens with zero attached hydrogens (tertiary/aromatic N) is 4. The minimum absolute atomic E-state index is 0.535. The van der Waals surface area contributed by atoms with Crippen LogP contribution in [-0.4, -0.2) is 53.7 Å². The van der Waals surface area contributed by atoms with Crippen molar-refractivity contribution in [3.8, 4) is 22.8 Å². The van der Waals surface area contributed by atoms with Gasteiger partial charge in [0.15, 0.2) is 0 Å². The summed E-state index contributed by atoms with van der Waals surface area (Å²) >= 11 is 0. The second-order valence-corrected chi connectivity index (χ2v) is 9.15. The summed E-state index contributed by atoms with van der Waals surface area (Å²) in [5.41, 5.74) is 8.56. The lowest BCUT2D eigenvalue weighted by molar-refractivity contribution is 0.310. The fraction of sp³-hybridized carbons (Fsp3) is 0.296. The summed E-state index contributed by atoms with van der Waals surface area (Å²) in [7, 11) is 3.84. The third-order valence-corrected chi connectivity index (χ3v) is 6.81. The lowest BCUT2D eigenvalue weighted by Gasteiger charge is -2.26. The number of ether oxygens (including phenoxy) is 2. The molecular formula is C27H28N6O2. The van der Waals surface area contributed by atoms with Gasteiger partial charge in [0, 0.05) is 43.0 Å². The van der Waals surface area contributed by atoms with Gasteiger partial charge in [-0.3, -0.25) is 0 Å². The van der Waals surface area contributed by atoms with Crippen LogP contribution in [0.15, 0.2) is 42.7 Å². The number of benzene rings is 2. The molecule has 0 saturated carbocycles. The smallest absolute Gasteiger partial charge is 0.237 e. The molecule has 2 aliphatic heterocycles. The maximum absolute atomic E-state index is 5.68. The van der Waals surface area contributed by atoms with Gasteiger partial charge in [-0.05, 0) is 60.8 Å². The second-order valence-electron chi connectivity index (χ2n) is 9.15. The van der Waals surface area contributed by atoms with E-state index in [9.17, 15) is 0 Å². The average molecular weight is 469 g/mol. The minimum Gasteiger partial charge on any atom is -0.495 e. The molecule has 2 N–H and O–H groups in total. The first kappa shape index (κ1) is 21.6. The molecule has 0 aliphatic carbocycles. The number of likely N-dealkylation sites (N-methyl/N-ethyl adjacent to an activating group) is 1. The Hall–Kier alpha value is -3.91. The molecule has 0 unspecified atom stereocenters. The Kier molecular flexibility index (Phi) is 5.37. The van der Waals surface area contributed by atoms with E-state index in [1.54, 1.807) is 7.11 Å². The quantitative estimate of drug-likeness (QED) is 0.452. The van der Waals surface area contributed by atoms with E-state index in [0.29, 0.717) is 18.4 Å². The molecule has 0 atom stereocenters. The lowest BCUT2D eigenvalue weighted by Crippen LogP contribution is -2.26. The molecule has 0 bridgehead atoms. The highest BCUT2D eigenvalue weighted by molar-refractivity contribution is 5.86. The average Bonchev–Trinajstić information content (AvgIpc) is 2.88. The zero-order valence-electron chi connectivity index (χ0n) is 20.2. The standard InChI is InChI=1S/C27H28N6O2/c1-16-21(14-29-26-25(16)28-7-9-35-26)18-4-5-19-13-30-27(31-22(19)10-18)32-23-11-20-15-33(2)8-6-17(20)12-24(23)34-3/h4-5,10-14,28H,6-9,15H2,1-3H3,(H,30,31,32). The number of hydrogen-bond acceptors (Lipinski definition) is 8. The van der Waals surface area contributed by atoms with Crippen molar-refractivity contribution in [1.82, 2.24) is 19.9 Å². The van der Waals surface area contributed by atoms with Crippen molar-refractivity contribution in [3.63, 3.8) is 0 Å². The van der Waals surface area contributed by atoms with E-state index < -0.39 is 0 Å². The predicted octanol–water partition coefficient (Wildman–Crippen LogP) is 4.54. The van der Waals surface area contributed by atoms with Crippen LogP contribution in [0.5, 0.6) is 11.6 Å². The molecule has 2 aromatic carbocycles. The van der Waals surface area contributed by atoms with Gasteiger partial charge in [-0.15, -0.1) is 0 Å². The number of fused-ring (bicyclic) bond motifs is 3. The number of methoxy groups -OCH3 is 1. The number of nitrogens with one attached hydrogen (secondary N) is 2. The van der Waals surface area contributed by atoms with Crippen LogP contribution >= 0.6 is 0 Å². The zero-order valence-corrected chi connectivity index (χ0v) is 20.2. The Morgan fingerprint density at radius 2 is 2.03 bits per heavy atom. The topological polar surface area (TPSA) is 84.4 Å². The molecule has 0 amide bonds. The van der Waals surface area contributed by atoms with Gasteiger partial charge in [-0.2, -0.15) is 0 Å². The molecule has 8 heteroatoms. The van der Waals surface area contributed by atoms with Gasteiger partial charge < -0.3 is 25.0 Å². The second kappa shape index (κ2) is 8.70. The third-order valence-electron chi connectivity index (χ3n) is 6.81. The van der Waals surface area contributed by atoms with Gasteiger partial charge in [0.2, 0.25) is 11.8 Å². The van der Waals surface area contributed by atoms with Gasteiger partial charge >= 0.3 is 0 Å². The van der Waals surface area contributed by atoms with Crippen molar-refractivity contribution in [1.29, 1.82) is 0 Å². The van der Waals surface area contributed by atoms with E-state index in [2.05, 4.69) is 63.7 Å². The summed E-state index contributed by atoms with van der Waals surface area (Å²) in [6.07, 6.45) is 4.74. The van der Waals surface area contributed by atoms with E-state index in [1.807, 2.05) is 18.5 Å². The van der Waals surface area contributed by atoms with Crippen molar-refractivity contribution >= 4 is 28.2 Å².